The van der Waals surface area contributed by atoms with E-state index in [0.29, 0.717) is 12.8 Å². The zero-order valence-corrected chi connectivity index (χ0v) is 51.0. The van der Waals surface area contributed by atoms with Crippen molar-refractivity contribution in [1.29, 1.82) is 0 Å². The summed E-state index contributed by atoms with van der Waals surface area (Å²) in [5.74, 6) is -0.328. The molecule has 3 fully saturated rings. The summed E-state index contributed by atoms with van der Waals surface area (Å²) in [5.41, 5.74) is 0. The zero-order valence-electron chi connectivity index (χ0n) is 51.0. The molecule has 0 aliphatic carbocycles. The Balaban J connectivity index is 1.43. The monoisotopic (exact) mass is 1210 g/mol. The average molecular weight is 1210 g/mol. The van der Waals surface area contributed by atoms with Gasteiger partial charge in [-0.3, -0.25) is 4.79 Å². The van der Waals surface area contributed by atoms with Crippen molar-refractivity contribution in [2.24, 2.45) is 0 Å². The van der Waals surface area contributed by atoms with Crippen molar-refractivity contribution in [2.75, 3.05) is 26.4 Å². The number of rotatable bonds is 44. The van der Waals surface area contributed by atoms with Gasteiger partial charge in [0.1, 0.15) is 73.2 Å². The van der Waals surface area contributed by atoms with Crippen molar-refractivity contribution in [1.82, 2.24) is 5.32 Å². The highest BCUT2D eigenvalue weighted by molar-refractivity contribution is 5.76. The Morgan fingerprint density at radius 3 is 1.28 bits per heavy atom. The number of allylic oxidation sites excluding steroid dienone is 21. The third-order valence-corrected chi connectivity index (χ3v) is 14.7. The van der Waals surface area contributed by atoms with Crippen LogP contribution in [0.3, 0.4) is 0 Å². The van der Waals surface area contributed by atoms with Crippen LogP contribution in [-0.4, -0.2) is 193 Å². The standard InChI is InChI=1S/C67H107NO18/c1-3-5-7-9-11-13-15-16-17-18-19-20-21-22-23-24-25-26-27-28-29-30-31-32-33-34-35-37-39-41-43-45-55(73)68-50(51(72)44-42-40-38-36-14-12-10-8-6-4-2)49-81-65-61(79)58(76)63(53(47-70)83-65)86-67-62(80)59(77)64(54(48-71)84-67)85-66-60(78)57(75)56(74)52(46-69)82-66/h5,7,11,13-14,16-17,19-20,22-23,25-26,28-29,31-32,34-36,42,44,50-54,56-67,69-72,74-80H,3-4,6,8-10,12,15,18,21,24,27,30,33,37-41,43,45-49H2,1-2H3,(H,68,73)/b7-5-,13-11-,17-16-,20-19-,23-22-,26-25-,29-28-,32-31-,35-34-,36-14+,44-42+. The summed E-state index contributed by atoms with van der Waals surface area (Å²) < 4.78 is 34.1. The van der Waals surface area contributed by atoms with Crippen LogP contribution in [0.25, 0.3) is 0 Å². The first-order chi connectivity index (χ1) is 41.8. The molecule has 1 amide bonds. The lowest BCUT2D eigenvalue weighted by Crippen LogP contribution is -2.66. The van der Waals surface area contributed by atoms with E-state index in [9.17, 15) is 61.0 Å². The van der Waals surface area contributed by atoms with Crippen LogP contribution < -0.4 is 5.32 Å². The predicted molar refractivity (Wildman–Crippen MR) is 332 cm³/mol. The molecule has 3 rings (SSSR count). The number of amides is 1. The van der Waals surface area contributed by atoms with Crippen molar-refractivity contribution in [3.05, 3.63) is 134 Å². The lowest BCUT2D eigenvalue weighted by Gasteiger charge is -2.48. The minimum absolute atomic E-state index is 0.185. The van der Waals surface area contributed by atoms with E-state index in [2.05, 4.69) is 141 Å². The molecule has 17 unspecified atom stereocenters. The van der Waals surface area contributed by atoms with Crippen LogP contribution in [0.5, 0.6) is 0 Å². The van der Waals surface area contributed by atoms with Gasteiger partial charge in [0, 0.05) is 6.42 Å². The highest BCUT2D eigenvalue weighted by Crippen LogP contribution is 2.33. The van der Waals surface area contributed by atoms with Gasteiger partial charge < -0.3 is 89.9 Å². The largest absolute Gasteiger partial charge is 0.394 e. The number of ether oxygens (including phenoxy) is 6. The zero-order chi connectivity index (χ0) is 62.6. The smallest absolute Gasteiger partial charge is 0.220 e. The predicted octanol–water partition coefficient (Wildman–Crippen LogP) is 6.65. The van der Waals surface area contributed by atoms with E-state index >= 15 is 0 Å². The minimum Gasteiger partial charge on any atom is -0.394 e. The molecule has 0 bridgehead atoms. The van der Waals surface area contributed by atoms with Gasteiger partial charge in [-0.2, -0.15) is 0 Å². The van der Waals surface area contributed by atoms with E-state index < -0.39 is 131 Å². The average Bonchev–Trinajstić information content (AvgIpc) is 1.89. The minimum atomic E-state index is -1.99. The van der Waals surface area contributed by atoms with Crippen LogP contribution in [0.15, 0.2) is 134 Å². The Morgan fingerprint density at radius 2 is 0.814 bits per heavy atom. The second-order valence-electron chi connectivity index (χ2n) is 21.8. The number of hydrogen-bond acceptors (Lipinski definition) is 18. The number of carbonyl (C=O) groups excluding carboxylic acids is 1. The molecule has 0 aromatic heterocycles. The molecule has 19 heteroatoms. The van der Waals surface area contributed by atoms with Gasteiger partial charge in [0.05, 0.1) is 38.6 Å². The van der Waals surface area contributed by atoms with E-state index in [4.69, 9.17) is 28.4 Å². The van der Waals surface area contributed by atoms with Gasteiger partial charge in [-0.25, -0.2) is 0 Å². The van der Waals surface area contributed by atoms with Crippen LogP contribution in [-0.2, 0) is 33.2 Å². The fourth-order valence-corrected chi connectivity index (χ4v) is 9.55. The molecule has 3 saturated heterocycles. The van der Waals surface area contributed by atoms with Crippen molar-refractivity contribution < 1.29 is 89.4 Å². The Bertz CT molecular complexity index is 2080. The summed E-state index contributed by atoms with van der Waals surface area (Å²) in [4.78, 5) is 13.3. The summed E-state index contributed by atoms with van der Waals surface area (Å²) in [6.45, 7) is 1.47. The van der Waals surface area contributed by atoms with Gasteiger partial charge in [-0.05, 0) is 103 Å². The third kappa shape index (κ3) is 30.4. The maximum atomic E-state index is 13.3. The number of aliphatic hydroxyl groups is 11. The van der Waals surface area contributed by atoms with Crippen molar-refractivity contribution >= 4 is 5.91 Å². The number of nitrogens with one attached hydrogen (secondary N) is 1. The summed E-state index contributed by atoms with van der Waals surface area (Å²) in [6, 6.07) is -1.02. The lowest BCUT2D eigenvalue weighted by molar-refractivity contribution is -0.379. The topological polar surface area (TPSA) is 307 Å². The molecule has 17 atom stereocenters. The van der Waals surface area contributed by atoms with Crippen LogP contribution >= 0.6 is 0 Å². The number of aliphatic hydroxyl groups excluding tert-OH is 11. The summed E-state index contributed by atoms with van der Waals surface area (Å²) >= 11 is 0. The fraction of sp³-hybridized carbons (Fsp3) is 0.657. The first-order valence-electron chi connectivity index (χ1n) is 31.4. The Kier molecular flexibility index (Phi) is 42.4. The maximum absolute atomic E-state index is 13.3. The van der Waals surface area contributed by atoms with Crippen LogP contribution in [0.4, 0.5) is 0 Å². The molecular weight excluding hydrogens is 1110 g/mol. The second-order valence-corrected chi connectivity index (χ2v) is 21.8. The van der Waals surface area contributed by atoms with E-state index in [1.807, 2.05) is 6.08 Å². The van der Waals surface area contributed by atoms with Gasteiger partial charge in [-0.15, -0.1) is 0 Å². The molecule has 3 aliphatic heterocycles. The molecule has 3 aliphatic rings. The highest BCUT2D eigenvalue weighted by Gasteiger charge is 2.53. The Labute approximate surface area is 511 Å². The van der Waals surface area contributed by atoms with E-state index in [-0.39, 0.29) is 12.3 Å². The highest BCUT2D eigenvalue weighted by atomic mass is 16.8. The molecule has 86 heavy (non-hydrogen) atoms. The van der Waals surface area contributed by atoms with Crippen molar-refractivity contribution in [2.45, 2.75) is 253 Å². The molecule has 0 aromatic rings. The van der Waals surface area contributed by atoms with Crippen LogP contribution in [0, 0.1) is 0 Å². The normalized spacial score (nSPS) is 29.7. The fourth-order valence-electron chi connectivity index (χ4n) is 9.55. The lowest BCUT2D eigenvalue weighted by atomic mass is 9.96. The molecule has 3 heterocycles. The molecule has 0 aromatic carbocycles. The first kappa shape index (κ1) is 76.2. The summed E-state index contributed by atoms with van der Waals surface area (Å²) in [6.07, 6.45) is 38.8. The molecule has 488 valence electrons. The van der Waals surface area contributed by atoms with Crippen LogP contribution in [0.2, 0.25) is 0 Å². The van der Waals surface area contributed by atoms with Gasteiger partial charge >= 0.3 is 0 Å². The first-order valence-corrected chi connectivity index (χ1v) is 31.4. The van der Waals surface area contributed by atoms with E-state index in [1.165, 1.54) is 19.3 Å². The number of carbonyl (C=O) groups is 1. The molecular formula is C67H107NO18. The molecule has 0 saturated carbocycles. The Morgan fingerprint density at radius 1 is 0.430 bits per heavy atom. The summed E-state index contributed by atoms with van der Waals surface area (Å²) in [7, 11) is 0. The maximum Gasteiger partial charge on any atom is 0.220 e. The van der Waals surface area contributed by atoms with Gasteiger partial charge in [0.15, 0.2) is 18.9 Å². The van der Waals surface area contributed by atoms with Crippen molar-refractivity contribution in [3.63, 3.8) is 0 Å². The van der Waals surface area contributed by atoms with Gasteiger partial charge in [0.25, 0.3) is 0 Å². The molecule has 12 N–H and O–H groups in total. The van der Waals surface area contributed by atoms with E-state index in [0.717, 1.165) is 96.3 Å². The van der Waals surface area contributed by atoms with Gasteiger partial charge in [-0.1, -0.05) is 173 Å². The second kappa shape index (κ2) is 47.9. The molecule has 0 spiro atoms. The molecule has 19 nitrogen and oxygen atoms in total. The number of hydrogen-bond donors (Lipinski definition) is 12. The van der Waals surface area contributed by atoms with Gasteiger partial charge in [0.2, 0.25) is 5.91 Å². The van der Waals surface area contributed by atoms with Crippen LogP contribution in [0.1, 0.15) is 149 Å². The Hall–Kier alpha value is -4.07. The quantitative estimate of drug-likeness (QED) is 0.0225. The van der Waals surface area contributed by atoms with E-state index in [1.54, 1.807) is 6.08 Å². The molecule has 0 radical (unpaired) electrons. The third-order valence-electron chi connectivity index (χ3n) is 14.7. The SMILES string of the molecule is CC/C=C\C/C=C\C/C=C\C/C=C\C/C=C\C/C=C\C/C=C\C/C=C\C/C=C\CCCCCC(=O)NC(COC1OC(CO)C(OC2OC(CO)C(OC3OC(CO)C(O)C(O)C3O)C(O)C2O)C(O)C1O)C(O)/C=C/CC/C=C/CCCCCC. The van der Waals surface area contributed by atoms with Crippen molar-refractivity contribution in [3.8, 4) is 0 Å². The number of unbranched alkanes of at least 4 members (excludes halogenated alkanes) is 8. The summed E-state index contributed by atoms with van der Waals surface area (Å²) in [5, 5.41) is 120.